The minimum absolute atomic E-state index is 0.827. The van der Waals surface area contributed by atoms with Gasteiger partial charge in [-0.2, -0.15) is 5.10 Å². The van der Waals surface area contributed by atoms with Gasteiger partial charge in [0, 0.05) is 38.0 Å². The summed E-state index contributed by atoms with van der Waals surface area (Å²) in [5.74, 6) is 0. The van der Waals surface area contributed by atoms with Crippen LogP contribution in [0.1, 0.15) is 11.3 Å². The lowest BCUT2D eigenvalue weighted by molar-refractivity contribution is 0.627. The van der Waals surface area contributed by atoms with E-state index in [1.54, 1.807) is 0 Å². The molecule has 2 heterocycles. The van der Waals surface area contributed by atoms with E-state index in [-0.39, 0.29) is 0 Å². The number of rotatable bonds is 4. The molecule has 0 fully saturated rings. The normalized spacial score (nSPS) is 11.2. The Morgan fingerprint density at radius 2 is 2.17 bits per heavy atom. The molecule has 0 aliphatic carbocycles. The number of aromatic amines is 1. The van der Waals surface area contributed by atoms with Crippen molar-refractivity contribution in [2.24, 2.45) is 7.05 Å². The highest BCUT2D eigenvalue weighted by Gasteiger charge is 2.02. The highest BCUT2D eigenvalue weighted by Crippen LogP contribution is 2.16. The predicted molar refractivity (Wildman–Crippen MR) is 72.1 cm³/mol. The number of aryl methyl sites for hydroxylation is 1. The van der Waals surface area contributed by atoms with Crippen molar-refractivity contribution in [2.45, 2.75) is 13.1 Å². The van der Waals surface area contributed by atoms with Gasteiger partial charge in [-0.25, -0.2) is 0 Å². The molecule has 4 nitrogen and oxygen atoms in total. The molecule has 3 rings (SSSR count). The number of fused-ring (bicyclic) bond motifs is 1. The Morgan fingerprint density at radius 3 is 3.00 bits per heavy atom. The van der Waals surface area contributed by atoms with Crippen molar-refractivity contribution in [1.29, 1.82) is 0 Å². The quantitative estimate of drug-likeness (QED) is 0.734. The summed E-state index contributed by atoms with van der Waals surface area (Å²) in [6, 6.07) is 10.5. The molecular formula is C14H16N4. The third kappa shape index (κ3) is 2.02. The van der Waals surface area contributed by atoms with E-state index in [2.05, 4.69) is 39.7 Å². The largest absolute Gasteiger partial charge is 0.361 e. The highest BCUT2D eigenvalue weighted by molar-refractivity contribution is 5.82. The van der Waals surface area contributed by atoms with Crippen LogP contribution in [0.3, 0.4) is 0 Å². The number of benzene rings is 1. The van der Waals surface area contributed by atoms with Gasteiger partial charge in [0.2, 0.25) is 0 Å². The van der Waals surface area contributed by atoms with Gasteiger partial charge in [0.25, 0.3) is 0 Å². The Balaban J connectivity index is 1.70. The van der Waals surface area contributed by atoms with Crippen LogP contribution in [0.15, 0.2) is 42.7 Å². The molecule has 3 aromatic rings. The van der Waals surface area contributed by atoms with E-state index in [4.69, 9.17) is 0 Å². The molecule has 0 saturated carbocycles. The van der Waals surface area contributed by atoms with Gasteiger partial charge >= 0.3 is 0 Å². The SMILES string of the molecule is Cn1nccc1CNCc1cccc2cc[nH]c12. The average Bonchev–Trinajstić information content (AvgIpc) is 2.99. The van der Waals surface area contributed by atoms with Crippen LogP contribution in [-0.4, -0.2) is 14.8 Å². The molecule has 0 amide bonds. The van der Waals surface area contributed by atoms with Crippen LogP contribution in [0.5, 0.6) is 0 Å². The summed E-state index contributed by atoms with van der Waals surface area (Å²) < 4.78 is 1.89. The summed E-state index contributed by atoms with van der Waals surface area (Å²) in [5.41, 5.74) is 3.70. The summed E-state index contributed by atoms with van der Waals surface area (Å²) in [4.78, 5) is 3.29. The Kier molecular flexibility index (Phi) is 2.86. The van der Waals surface area contributed by atoms with Gasteiger partial charge in [-0.05, 0) is 23.1 Å². The molecule has 0 atom stereocenters. The number of para-hydroxylation sites is 1. The van der Waals surface area contributed by atoms with Crippen molar-refractivity contribution >= 4 is 10.9 Å². The standard InChI is InChI=1S/C14H16N4/c1-18-13(6-8-17-18)10-15-9-12-4-2-3-11-5-7-16-14(11)12/h2-8,15-16H,9-10H2,1H3. The van der Waals surface area contributed by atoms with Crippen molar-refractivity contribution in [3.63, 3.8) is 0 Å². The molecule has 0 radical (unpaired) electrons. The van der Waals surface area contributed by atoms with Gasteiger partial charge in [-0.1, -0.05) is 18.2 Å². The fourth-order valence-electron chi connectivity index (χ4n) is 2.20. The van der Waals surface area contributed by atoms with Crippen molar-refractivity contribution in [3.05, 3.63) is 54.0 Å². The highest BCUT2D eigenvalue weighted by atomic mass is 15.3. The second-order valence-corrected chi connectivity index (χ2v) is 4.41. The lowest BCUT2D eigenvalue weighted by atomic mass is 10.1. The minimum atomic E-state index is 0.827. The minimum Gasteiger partial charge on any atom is -0.361 e. The summed E-state index contributed by atoms with van der Waals surface area (Å²) >= 11 is 0. The molecule has 4 heteroatoms. The van der Waals surface area contributed by atoms with Gasteiger partial charge in [0.05, 0.1) is 5.69 Å². The van der Waals surface area contributed by atoms with Crippen LogP contribution in [0, 0.1) is 0 Å². The van der Waals surface area contributed by atoms with E-state index in [1.165, 1.54) is 22.2 Å². The maximum Gasteiger partial charge on any atom is 0.0518 e. The molecule has 0 spiro atoms. The van der Waals surface area contributed by atoms with Crippen molar-refractivity contribution in [2.75, 3.05) is 0 Å². The Bertz CT molecular complexity index is 650. The first-order valence-corrected chi connectivity index (χ1v) is 6.07. The first kappa shape index (κ1) is 11.0. The smallest absolute Gasteiger partial charge is 0.0518 e. The number of aromatic nitrogens is 3. The van der Waals surface area contributed by atoms with Crippen molar-refractivity contribution in [1.82, 2.24) is 20.1 Å². The monoisotopic (exact) mass is 240 g/mol. The fraction of sp³-hybridized carbons (Fsp3) is 0.214. The zero-order valence-electron chi connectivity index (χ0n) is 10.4. The molecule has 92 valence electrons. The zero-order valence-corrected chi connectivity index (χ0v) is 10.4. The third-order valence-electron chi connectivity index (χ3n) is 3.22. The number of nitrogens with one attached hydrogen (secondary N) is 2. The van der Waals surface area contributed by atoms with E-state index < -0.39 is 0 Å². The fourth-order valence-corrected chi connectivity index (χ4v) is 2.20. The number of nitrogens with zero attached hydrogens (tertiary/aromatic N) is 2. The van der Waals surface area contributed by atoms with Gasteiger partial charge in [-0.15, -0.1) is 0 Å². The topological polar surface area (TPSA) is 45.6 Å². The first-order valence-electron chi connectivity index (χ1n) is 6.07. The number of hydrogen-bond acceptors (Lipinski definition) is 2. The van der Waals surface area contributed by atoms with Crippen LogP contribution in [-0.2, 0) is 20.1 Å². The van der Waals surface area contributed by atoms with E-state index in [1.807, 2.05) is 30.2 Å². The average molecular weight is 240 g/mol. The van der Waals surface area contributed by atoms with E-state index >= 15 is 0 Å². The van der Waals surface area contributed by atoms with Crippen LogP contribution < -0.4 is 5.32 Å². The summed E-state index contributed by atoms with van der Waals surface area (Å²) in [5, 5.41) is 8.86. The second kappa shape index (κ2) is 4.66. The van der Waals surface area contributed by atoms with Gasteiger partial charge in [-0.3, -0.25) is 4.68 Å². The molecule has 0 bridgehead atoms. The molecule has 1 aromatic carbocycles. The van der Waals surface area contributed by atoms with Crippen LogP contribution in [0.4, 0.5) is 0 Å². The maximum absolute atomic E-state index is 4.15. The molecule has 0 aliphatic heterocycles. The molecule has 0 unspecified atom stereocenters. The van der Waals surface area contributed by atoms with E-state index in [9.17, 15) is 0 Å². The van der Waals surface area contributed by atoms with Crippen LogP contribution in [0.2, 0.25) is 0 Å². The summed E-state index contributed by atoms with van der Waals surface area (Å²) in [7, 11) is 1.96. The van der Waals surface area contributed by atoms with Gasteiger partial charge in [0.15, 0.2) is 0 Å². The van der Waals surface area contributed by atoms with E-state index in [0.29, 0.717) is 0 Å². The predicted octanol–water partition coefficient (Wildman–Crippen LogP) is 2.19. The molecule has 0 saturated heterocycles. The lowest BCUT2D eigenvalue weighted by Crippen LogP contribution is -2.15. The van der Waals surface area contributed by atoms with Crippen LogP contribution in [0.25, 0.3) is 10.9 Å². The number of hydrogen-bond donors (Lipinski definition) is 2. The van der Waals surface area contributed by atoms with Crippen molar-refractivity contribution in [3.8, 4) is 0 Å². The van der Waals surface area contributed by atoms with E-state index in [0.717, 1.165) is 13.1 Å². The van der Waals surface area contributed by atoms with Gasteiger partial charge < -0.3 is 10.3 Å². The molecule has 2 aromatic heterocycles. The van der Waals surface area contributed by atoms with Gasteiger partial charge in [0.1, 0.15) is 0 Å². The third-order valence-corrected chi connectivity index (χ3v) is 3.22. The Hall–Kier alpha value is -2.07. The van der Waals surface area contributed by atoms with Crippen LogP contribution >= 0.6 is 0 Å². The Labute approximate surface area is 106 Å². The molecule has 0 aliphatic rings. The zero-order chi connectivity index (χ0) is 12.4. The van der Waals surface area contributed by atoms with Crippen molar-refractivity contribution < 1.29 is 0 Å². The molecule has 2 N–H and O–H groups in total. The number of H-pyrrole nitrogens is 1. The lowest BCUT2D eigenvalue weighted by Gasteiger charge is -2.06. The second-order valence-electron chi connectivity index (χ2n) is 4.41. The maximum atomic E-state index is 4.15. The Morgan fingerprint density at radius 1 is 1.22 bits per heavy atom. The summed E-state index contributed by atoms with van der Waals surface area (Å²) in [6.07, 6.45) is 3.80. The summed E-state index contributed by atoms with van der Waals surface area (Å²) in [6.45, 7) is 1.68. The molecule has 18 heavy (non-hydrogen) atoms. The first-order chi connectivity index (χ1) is 8.84. The molecular weight excluding hydrogens is 224 g/mol.